The van der Waals surface area contributed by atoms with Gasteiger partial charge in [0.25, 0.3) is 0 Å². The second-order valence-electron chi connectivity index (χ2n) is 6.03. The predicted octanol–water partition coefficient (Wildman–Crippen LogP) is 2.35. The van der Waals surface area contributed by atoms with Crippen molar-refractivity contribution in [2.45, 2.75) is 31.2 Å². The number of aryl methyl sites for hydroxylation is 2. The highest BCUT2D eigenvalue weighted by Gasteiger charge is 2.21. The Hall–Kier alpha value is -2.68. The summed E-state index contributed by atoms with van der Waals surface area (Å²) in [4.78, 5) is 16.7. The van der Waals surface area contributed by atoms with E-state index in [0.717, 1.165) is 22.6 Å². The Labute approximate surface area is 156 Å². The third-order valence-electron chi connectivity index (χ3n) is 4.16. The summed E-state index contributed by atoms with van der Waals surface area (Å²) in [7, 11) is 3.74. The van der Waals surface area contributed by atoms with E-state index in [1.165, 1.54) is 11.8 Å². The smallest absolute Gasteiger partial charge is 0.237 e. The number of aromatic nitrogens is 6. The molecule has 1 N–H and O–H groups in total. The summed E-state index contributed by atoms with van der Waals surface area (Å²) < 4.78 is 3.62. The van der Waals surface area contributed by atoms with Gasteiger partial charge in [0, 0.05) is 32.1 Å². The molecule has 0 saturated carbocycles. The highest BCUT2D eigenvalue weighted by molar-refractivity contribution is 8.00. The molecule has 0 aromatic carbocycles. The Morgan fingerprint density at radius 2 is 2.04 bits per heavy atom. The number of nitrogens with zero attached hydrogens (tertiary/aromatic N) is 6. The number of hydrogen-bond acceptors (Lipinski definition) is 6. The summed E-state index contributed by atoms with van der Waals surface area (Å²) in [5.74, 6) is 0.618. The van der Waals surface area contributed by atoms with Gasteiger partial charge in [-0.1, -0.05) is 11.8 Å². The van der Waals surface area contributed by atoms with Crippen molar-refractivity contribution in [1.29, 1.82) is 0 Å². The van der Waals surface area contributed by atoms with E-state index in [1.807, 2.05) is 51.6 Å². The van der Waals surface area contributed by atoms with Gasteiger partial charge in [-0.3, -0.25) is 14.5 Å². The molecular weight excluding hydrogens is 350 g/mol. The minimum absolute atomic E-state index is 0.0971. The highest BCUT2D eigenvalue weighted by atomic mass is 32.2. The summed E-state index contributed by atoms with van der Waals surface area (Å²) in [5, 5.41) is 16.1. The quantitative estimate of drug-likeness (QED) is 0.692. The van der Waals surface area contributed by atoms with E-state index in [9.17, 15) is 4.79 Å². The lowest BCUT2D eigenvalue weighted by atomic mass is 10.3. The van der Waals surface area contributed by atoms with E-state index in [0.29, 0.717) is 11.0 Å². The van der Waals surface area contributed by atoms with Gasteiger partial charge < -0.3 is 9.88 Å². The molecular formula is C17H21N7OS. The van der Waals surface area contributed by atoms with E-state index < -0.39 is 0 Å². The molecule has 0 spiro atoms. The zero-order chi connectivity index (χ0) is 18.8. The first-order chi connectivity index (χ1) is 12.4. The van der Waals surface area contributed by atoms with Gasteiger partial charge in [-0.05, 0) is 32.9 Å². The van der Waals surface area contributed by atoms with Crippen molar-refractivity contribution in [3.05, 3.63) is 35.9 Å². The minimum Gasteiger partial charge on any atom is -0.322 e. The normalized spacial score (nSPS) is 12.2. The van der Waals surface area contributed by atoms with Gasteiger partial charge in [-0.15, -0.1) is 10.2 Å². The molecule has 136 valence electrons. The van der Waals surface area contributed by atoms with Crippen LogP contribution >= 0.6 is 11.8 Å². The van der Waals surface area contributed by atoms with Crippen LogP contribution in [-0.2, 0) is 18.9 Å². The molecule has 0 radical (unpaired) electrons. The van der Waals surface area contributed by atoms with Crippen LogP contribution in [0, 0.1) is 13.8 Å². The molecule has 1 atom stereocenters. The molecule has 3 aromatic heterocycles. The fourth-order valence-corrected chi connectivity index (χ4v) is 3.37. The minimum atomic E-state index is -0.335. The Morgan fingerprint density at radius 3 is 2.65 bits per heavy atom. The summed E-state index contributed by atoms with van der Waals surface area (Å²) in [6, 6.07) is 3.78. The maximum Gasteiger partial charge on any atom is 0.237 e. The Morgan fingerprint density at radius 1 is 1.27 bits per heavy atom. The van der Waals surface area contributed by atoms with Crippen LogP contribution < -0.4 is 5.32 Å². The molecule has 0 aliphatic carbocycles. The molecule has 3 heterocycles. The summed E-state index contributed by atoms with van der Waals surface area (Å²) in [6.45, 7) is 5.65. The van der Waals surface area contributed by atoms with Crippen molar-refractivity contribution in [2.75, 3.05) is 5.32 Å². The first kappa shape index (κ1) is 18.1. The molecule has 8 nitrogen and oxygen atoms in total. The number of amides is 1. The first-order valence-electron chi connectivity index (χ1n) is 8.16. The zero-order valence-corrected chi connectivity index (χ0v) is 16.2. The monoisotopic (exact) mass is 371 g/mol. The van der Waals surface area contributed by atoms with Gasteiger partial charge in [-0.25, -0.2) is 0 Å². The summed E-state index contributed by atoms with van der Waals surface area (Å²) in [5.41, 5.74) is 3.37. The van der Waals surface area contributed by atoms with Crippen molar-refractivity contribution in [3.8, 4) is 11.4 Å². The average Bonchev–Trinajstić information content (AvgIpc) is 3.10. The van der Waals surface area contributed by atoms with E-state index in [2.05, 4.69) is 25.6 Å². The van der Waals surface area contributed by atoms with Gasteiger partial charge in [-0.2, -0.15) is 5.10 Å². The van der Waals surface area contributed by atoms with Gasteiger partial charge >= 0.3 is 0 Å². The topological polar surface area (TPSA) is 90.5 Å². The van der Waals surface area contributed by atoms with Crippen LogP contribution in [0.1, 0.15) is 18.3 Å². The number of carbonyl (C=O) groups is 1. The van der Waals surface area contributed by atoms with Gasteiger partial charge in [0.15, 0.2) is 11.0 Å². The molecule has 0 aliphatic heterocycles. The van der Waals surface area contributed by atoms with E-state index in [-0.39, 0.29) is 11.2 Å². The van der Waals surface area contributed by atoms with Gasteiger partial charge in [0.05, 0.1) is 22.3 Å². The fraction of sp³-hybridized carbons (Fsp3) is 0.353. The molecule has 1 unspecified atom stereocenters. The maximum absolute atomic E-state index is 12.6. The second-order valence-corrected chi connectivity index (χ2v) is 7.33. The number of rotatable bonds is 5. The van der Waals surface area contributed by atoms with Crippen molar-refractivity contribution < 1.29 is 4.79 Å². The van der Waals surface area contributed by atoms with Crippen LogP contribution in [0.3, 0.4) is 0 Å². The molecule has 1 amide bonds. The third kappa shape index (κ3) is 3.48. The van der Waals surface area contributed by atoms with Crippen LogP contribution in [0.25, 0.3) is 11.4 Å². The van der Waals surface area contributed by atoms with E-state index in [1.54, 1.807) is 17.1 Å². The van der Waals surface area contributed by atoms with Crippen LogP contribution in [0.2, 0.25) is 0 Å². The number of thioether (sulfide) groups is 1. The van der Waals surface area contributed by atoms with E-state index >= 15 is 0 Å². The SMILES string of the molecule is Cc1nn(C)c(C)c1NC(=O)C(C)Sc1nnc(-c2cccnc2)n1C. The molecule has 0 saturated heterocycles. The Balaban J connectivity index is 1.73. The molecule has 3 rings (SSSR count). The van der Waals surface area contributed by atoms with E-state index in [4.69, 9.17) is 0 Å². The van der Waals surface area contributed by atoms with Crippen molar-refractivity contribution in [3.63, 3.8) is 0 Å². The molecule has 0 fully saturated rings. The maximum atomic E-state index is 12.6. The van der Waals surface area contributed by atoms with Gasteiger partial charge in [0.2, 0.25) is 5.91 Å². The number of nitrogens with one attached hydrogen (secondary N) is 1. The van der Waals surface area contributed by atoms with Crippen LogP contribution in [0.15, 0.2) is 29.7 Å². The third-order valence-corrected chi connectivity index (χ3v) is 5.30. The molecule has 26 heavy (non-hydrogen) atoms. The Bertz CT molecular complexity index is 932. The Kier molecular flexibility index (Phi) is 5.08. The standard InChI is InChI=1S/C17H21N7OS/c1-10-14(11(2)24(5)22-10)19-16(25)12(3)26-17-21-20-15(23(17)4)13-7-6-8-18-9-13/h6-9,12H,1-5H3,(H,19,25). The zero-order valence-electron chi connectivity index (χ0n) is 15.4. The number of hydrogen-bond donors (Lipinski definition) is 1. The summed E-state index contributed by atoms with van der Waals surface area (Å²) in [6.07, 6.45) is 3.45. The van der Waals surface area contributed by atoms with Gasteiger partial charge in [0.1, 0.15) is 0 Å². The summed E-state index contributed by atoms with van der Waals surface area (Å²) >= 11 is 1.36. The van der Waals surface area contributed by atoms with Crippen LogP contribution in [0.5, 0.6) is 0 Å². The first-order valence-corrected chi connectivity index (χ1v) is 9.04. The lowest BCUT2D eigenvalue weighted by Crippen LogP contribution is -2.23. The number of carbonyl (C=O) groups excluding carboxylic acids is 1. The highest BCUT2D eigenvalue weighted by Crippen LogP contribution is 2.27. The molecule has 0 aliphatic rings. The number of anilines is 1. The lowest BCUT2D eigenvalue weighted by molar-refractivity contribution is -0.115. The van der Waals surface area contributed by atoms with Crippen LogP contribution in [-0.4, -0.2) is 40.7 Å². The fourth-order valence-electron chi connectivity index (χ4n) is 2.55. The molecule has 9 heteroatoms. The number of pyridine rings is 1. The van der Waals surface area contributed by atoms with Crippen molar-refractivity contribution in [2.24, 2.45) is 14.1 Å². The van der Waals surface area contributed by atoms with Crippen molar-refractivity contribution in [1.82, 2.24) is 29.5 Å². The van der Waals surface area contributed by atoms with Crippen LogP contribution in [0.4, 0.5) is 5.69 Å². The second kappa shape index (κ2) is 7.28. The predicted molar refractivity (Wildman–Crippen MR) is 101 cm³/mol. The average molecular weight is 371 g/mol. The lowest BCUT2D eigenvalue weighted by Gasteiger charge is -2.12. The van der Waals surface area contributed by atoms with Crippen molar-refractivity contribution >= 4 is 23.4 Å². The molecule has 0 bridgehead atoms. The largest absolute Gasteiger partial charge is 0.322 e. The molecule has 3 aromatic rings.